The van der Waals surface area contributed by atoms with Gasteiger partial charge in [0.25, 0.3) is 11.8 Å². The van der Waals surface area contributed by atoms with Crippen LogP contribution in [0.2, 0.25) is 0 Å². The third-order valence-corrected chi connectivity index (χ3v) is 5.49. The summed E-state index contributed by atoms with van der Waals surface area (Å²) in [6.45, 7) is 2.94. The molecule has 2 aliphatic heterocycles. The van der Waals surface area contributed by atoms with E-state index in [1.165, 1.54) is 0 Å². The summed E-state index contributed by atoms with van der Waals surface area (Å²) in [4.78, 5) is 37.1. The van der Waals surface area contributed by atoms with Crippen LogP contribution >= 0.6 is 0 Å². The van der Waals surface area contributed by atoms with Gasteiger partial charge >= 0.3 is 5.97 Å². The molecule has 0 saturated carbocycles. The molecule has 0 unspecified atom stereocenters. The molecule has 0 radical (unpaired) electrons. The van der Waals surface area contributed by atoms with Gasteiger partial charge in [-0.05, 0) is 61.0 Å². The molecule has 0 bridgehead atoms. The van der Waals surface area contributed by atoms with Crippen LogP contribution in [0.3, 0.4) is 0 Å². The maximum absolute atomic E-state index is 12.8. The maximum atomic E-state index is 12.8. The van der Waals surface area contributed by atoms with E-state index in [1.807, 2.05) is 13.0 Å². The fourth-order valence-corrected chi connectivity index (χ4v) is 3.69. The Hall–Kier alpha value is -4.33. The van der Waals surface area contributed by atoms with Gasteiger partial charge in [-0.2, -0.15) is 0 Å². The summed E-state index contributed by atoms with van der Waals surface area (Å²) in [5.74, 6) is 0.133. The van der Waals surface area contributed by atoms with Crippen molar-refractivity contribution < 1.29 is 28.6 Å². The van der Waals surface area contributed by atoms with Gasteiger partial charge in [-0.3, -0.25) is 9.59 Å². The minimum atomic E-state index is -0.380. The van der Waals surface area contributed by atoms with E-state index in [0.29, 0.717) is 58.3 Å². The Labute approximate surface area is 189 Å². The second-order valence-corrected chi connectivity index (χ2v) is 7.74. The van der Waals surface area contributed by atoms with Gasteiger partial charge in [-0.1, -0.05) is 6.07 Å². The minimum absolute atomic E-state index is 0.162. The summed E-state index contributed by atoms with van der Waals surface area (Å²) in [7, 11) is 0. The first-order valence-corrected chi connectivity index (χ1v) is 10.4. The number of amides is 2. The lowest BCUT2D eigenvalue weighted by Gasteiger charge is -2.18. The highest BCUT2D eigenvalue weighted by Gasteiger charge is 2.22. The second-order valence-electron chi connectivity index (χ2n) is 7.74. The van der Waals surface area contributed by atoms with Crippen LogP contribution in [0.4, 0.5) is 11.4 Å². The third-order valence-electron chi connectivity index (χ3n) is 5.49. The minimum Gasteiger partial charge on any atom is -0.486 e. The molecule has 2 heterocycles. The van der Waals surface area contributed by atoms with E-state index in [0.717, 1.165) is 5.56 Å². The van der Waals surface area contributed by atoms with Gasteiger partial charge in [-0.15, -0.1) is 0 Å². The molecule has 0 atom stereocenters. The quantitative estimate of drug-likeness (QED) is 0.591. The number of hydrogen-bond donors (Lipinski definition) is 2. The van der Waals surface area contributed by atoms with Gasteiger partial charge < -0.3 is 24.8 Å². The monoisotopic (exact) mass is 444 g/mol. The fraction of sp³-hybridized carbons (Fsp3) is 0.160. The van der Waals surface area contributed by atoms with Gasteiger partial charge in [0.15, 0.2) is 11.5 Å². The lowest BCUT2D eigenvalue weighted by Crippen LogP contribution is -2.17. The van der Waals surface area contributed by atoms with Crippen molar-refractivity contribution in [3.8, 4) is 11.5 Å². The highest BCUT2D eigenvalue weighted by molar-refractivity contribution is 6.07. The Morgan fingerprint density at radius 2 is 1.52 bits per heavy atom. The molecule has 5 rings (SSSR count). The largest absolute Gasteiger partial charge is 0.486 e. The number of carbonyl (C=O) groups is 3. The van der Waals surface area contributed by atoms with Crippen LogP contribution in [-0.2, 0) is 11.3 Å². The molecule has 0 spiro atoms. The van der Waals surface area contributed by atoms with Gasteiger partial charge in [0, 0.05) is 28.1 Å². The van der Waals surface area contributed by atoms with E-state index in [1.54, 1.807) is 48.5 Å². The highest BCUT2D eigenvalue weighted by atomic mass is 16.6. The number of rotatable bonds is 4. The van der Waals surface area contributed by atoms with E-state index >= 15 is 0 Å². The lowest BCUT2D eigenvalue weighted by atomic mass is 10.1. The van der Waals surface area contributed by atoms with Crippen molar-refractivity contribution >= 4 is 29.2 Å². The lowest BCUT2D eigenvalue weighted by molar-refractivity contribution is 0.0535. The van der Waals surface area contributed by atoms with Crippen molar-refractivity contribution in [2.24, 2.45) is 0 Å². The van der Waals surface area contributed by atoms with Crippen LogP contribution < -0.4 is 20.1 Å². The van der Waals surface area contributed by atoms with E-state index in [2.05, 4.69) is 10.6 Å². The van der Waals surface area contributed by atoms with E-state index in [9.17, 15) is 14.4 Å². The zero-order valence-corrected chi connectivity index (χ0v) is 17.8. The molecule has 0 aromatic heterocycles. The number of nitrogens with one attached hydrogen (secondary N) is 2. The summed E-state index contributed by atoms with van der Waals surface area (Å²) < 4.78 is 16.0. The average molecular weight is 444 g/mol. The topological polar surface area (TPSA) is 103 Å². The van der Waals surface area contributed by atoms with E-state index in [-0.39, 0.29) is 24.4 Å². The first kappa shape index (κ1) is 20.6. The van der Waals surface area contributed by atoms with Crippen molar-refractivity contribution in [3.05, 3.63) is 82.4 Å². The Morgan fingerprint density at radius 3 is 2.36 bits per heavy atom. The van der Waals surface area contributed by atoms with Crippen molar-refractivity contribution in [2.45, 2.75) is 13.5 Å². The van der Waals surface area contributed by atoms with E-state index < -0.39 is 0 Å². The van der Waals surface area contributed by atoms with Crippen molar-refractivity contribution in [3.63, 3.8) is 0 Å². The third kappa shape index (κ3) is 4.10. The summed E-state index contributed by atoms with van der Waals surface area (Å²) in [6, 6.07) is 15.1. The van der Waals surface area contributed by atoms with Gasteiger partial charge in [0.2, 0.25) is 0 Å². The SMILES string of the molecule is Cc1ccc(NC(=O)c2ccc3c(c2)OCCO3)cc1NC(=O)c1ccc2c(c1)COC2=O. The molecule has 2 aliphatic rings. The van der Waals surface area contributed by atoms with Crippen molar-refractivity contribution in [1.29, 1.82) is 0 Å². The molecule has 0 aliphatic carbocycles. The zero-order chi connectivity index (χ0) is 22.9. The van der Waals surface area contributed by atoms with Gasteiger partial charge in [0.05, 0.1) is 5.56 Å². The number of aryl methyl sites for hydroxylation is 1. The number of carbonyl (C=O) groups excluding carboxylic acids is 3. The number of hydrogen-bond acceptors (Lipinski definition) is 6. The fourth-order valence-electron chi connectivity index (χ4n) is 3.69. The molecular formula is C25H20N2O6. The number of esters is 1. The van der Waals surface area contributed by atoms with Crippen LogP contribution in [0.1, 0.15) is 42.2 Å². The Morgan fingerprint density at radius 1 is 0.788 bits per heavy atom. The zero-order valence-electron chi connectivity index (χ0n) is 17.8. The summed E-state index contributed by atoms with van der Waals surface area (Å²) in [6.07, 6.45) is 0. The Balaban J connectivity index is 1.31. The average Bonchev–Trinajstić information content (AvgIpc) is 3.20. The molecule has 2 amide bonds. The first-order chi connectivity index (χ1) is 16.0. The summed E-state index contributed by atoms with van der Waals surface area (Å²) >= 11 is 0. The molecule has 8 heteroatoms. The van der Waals surface area contributed by atoms with Crippen LogP contribution in [-0.4, -0.2) is 31.0 Å². The molecule has 3 aromatic carbocycles. The number of ether oxygens (including phenoxy) is 3. The second kappa shape index (κ2) is 8.31. The highest BCUT2D eigenvalue weighted by Crippen LogP contribution is 2.31. The molecule has 0 saturated heterocycles. The summed E-state index contributed by atoms with van der Waals surface area (Å²) in [5.41, 5.74) is 3.94. The van der Waals surface area contributed by atoms with Crippen LogP contribution in [0.15, 0.2) is 54.6 Å². The molecule has 2 N–H and O–H groups in total. The number of benzene rings is 3. The van der Waals surface area contributed by atoms with Crippen LogP contribution in [0.5, 0.6) is 11.5 Å². The number of fused-ring (bicyclic) bond motifs is 2. The maximum Gasteiger partial charge on any atom is 0.338 e. The molecule has 0 fully saturated rings. The predicted molar refractivity (Wildman–Crippen MR) is 120 cm³/mol. The normalized spacial score (nSPS) is 13.7. The summed E-state index contributed by atoms with van der Waals surface area (Å²) in [5, 5.41) is 5.71. The Kier molecular flexibility index (Phi) is 5.18. The Bertz CT molecular complexity index is 1300. The van der Waals surface area contributed by atoms with Crippen molar-refractivity contribution in [2.75, 3.05) is 23.8 Å². The van der Waals surface area contributed by atoms with Gasteiger partial charge in [-0.25, -0.2) is 4.79 Å². The number of cyclic esters (lactones) is 1. The van der Waals surface area contributed by atoms with Crippen LogP contribution in [0, 0.1) is 6.92 Å². The molecule has 166 valence electrons. The molecule has 8 nitrogen and oxygen atoms in total. The van der Waals surface area contributed by atoms with Crippen LogP contribution in [0.25, 0.3) is 0 Å². The molecule has 33 heavy (non-hydrogen) atoms. The number of anilines is 2. The van der Waals surface area contributed by atoms with Gasteiger partial charge in [0.1, 0.15) is 19.8 Å². The standard InChI is InChI=1S/C25H20N2O6/c1-14-2-5-18(26-23(28)16-4-7-21-22(11-16)32-9-8-31-21)12-20(14)27-24(29)15-3-6-19-17(10-15)13-33-25(19)30/h2-7,10-12H,8-9,13H2,1H3,(H,26,28)(H,27,29). The predicted octanol–water partition coefficient (Wildman–Crippen LogP) is 3.94. The van der Waals surface area contributed by atoms with E-state index in [4.69, 9.17) is 14.2 Å². The molecule has 3 aromatic rings. The first-order valence-electron chi connectivity index (χ1n) is 10.4. The smallest absolute Gasteiger partial charge is 0.338 e. The molecular weight excluding hydrogens is 424 g/mol. The van der Waals surface area contributed by atoms with Crippen molar-refractivity contribution in [1.82, 2.24) is 0 Å².